The van der Waals surface area contributed by atoms with Crippen molar-refractivity contribution in [1.29, 1.82) is 0 Å². The summed E-state index contributed by atoms with van der Waals surface area (Å²) in [6, 6.07) is 12.2. The van der Waals surface area contributed by atoms with E-state index in [-0.39, 0.29) is 76.3 Å². The zero-order valence-corrected chi connectivity index (χ0v) is 45.6. The molecule has 3 aromatic rings. The highest BCUT2D eigenvalue weighted by Gasteiger charge is 2.40. The number of nitrogens with one attached hydrogen (secondary N) is 6. The van der Waals surface area contributed by atoms with Gasteiger partial charge in [0.25, 0.3) is 0 Å². The number of ether oxygens (including phenoxy) is 1. The van der Waals surface area contributed by atoms with Gasteiger partial charge in [-0.15, -0.1) is 0 Å². The third-order valence-corrected chi connectivity index (χ3v) is 13.2. The number of benzene rings is 3. The molecule has 0 radical (unpaired) electrons. The lowest BCUT2D eigenvalue weighted by atomic mass is 10.0. The Bertz CT molecular complexity index is 2640. The van der Waals surface area contributed by atoms with Crippen LogP contribution < -0.4 is 71.0 Å². The number of hydrogen-bond acceptors (Lipinski definition) is 14. The smallest absolute Gasteiger partial charge is 0.245 e. The second-order valence-corrected chi connectivity index (χ2v) is 19.6. The number of nitrogens with zero attached hydrogens (tertiary/aromatic N) is 2. The molecule has 81 heavy (non-hydrogen) atoms. The van der Waals surface area contributed by atoms with E-state index in [2.05, 4.69) is 36.9 Å². The van der Waals surface area contributed by atoms with Crippen molar-refractivity contribution in [3.05, 3.63) is 95.6 Å². The van der Waals surface area contributed by atoms with Crippen LogP contribution in [-0.4, -0.2) is 144 Å². The van der Waals surface area contributed by atoms with Gasteiger partial charge in [-0.3, -0.25) is 52.9 Å². The van der Waals surface area contributed by atoms with E-state index >= 15 is 0 Å². The number of phenols is 1. The van der Waals surface area contributed by atoms with E-state index in [9.17, 15) is 53.1 Å². The minimum absolute atomic E-state index is 0.00884. The maximum absolute atomic E-state index is 14.5. The predicted molar refractivity (Wildman–Crippen MR) is 298 cm³/mol. The molecule has 0 unspecified atom stereocenters. The van der Waals surface area contributed by atoms with Crippen molar-refractivity contribution in [3.8, 4) is 11.5 Å². The second-order valence-electron chi connectivity index (χ2n) is 19.6. The van der Waals surface area contributed by atoms with Crippen LogP contribution in [0.15, 0.2) is 83.9 Å². The zero-order chi connectivity index (χ0) is 59.4. The van der Waals surface area contributed by atoms with Crippen molar-refractivity contribution in [2.45, 2.75) is 139 Å². The number of aromatic hydroxyl groups is 1. The fourth-order valence-corrected chi connectivity index (χ4v) is 8.95. The Morgan fingerprint density at radius 2 is 1.19 bits per heavy atom. The van der Waals surface area contributed by atoms with Crippen molar-refractivity contribution in [2.24, 2.45) is 39.4 Å². The summed E-state index contributed by atoms with van der Waals surface area (Å²) in [5.41, 5.74) is 35.1. The van der Waals surface area contributed by atoms with Gasteiger partial charge in [0.1, 0.15) is 53.8 Å². The van der Waals surface area contributed by atoms with Crippen molar-refractivity contribution in [2.75, 3.05) is 26.2 Å². The van der Waals surface area contributed by atoms with Gasteiger partial charge in [-0.2, -0.15) is 0 Å². The minimum atomic E-state index is -1.76. The molecule has 26 nitrogen and oxygen atoms in total. The molecule has 10 amide bonds. The Hall–Kier alpha value is -8.81. The molecule has 1 fully saturated rings. The maximum atomic E-state index is 14.5. The van der Waals surface area contributed by atoms with E-state index < -0.39 is 121 Å². The number of likely N-dealkylation sites (tertiary alicyclic amines) is 1. The largest absolute Gasteiger partial charge is 0.508 e. The average molecular weight is 1130 g/mol. The fraction of sp³-hybridized carbons (Fsp3) is 0.473. The van der Waals surface area contributed by atoms with Crippen molar-refractivity contribution < 1.29 is 57.8 Å². The summed E-state index contributed by atoms with van der Waals surface area (Å²) in [5.74, 6) is -7.89. The Balaban J connectivity index is 1.58. The van der Waals surface area contributed by atoms with E-state index in [4.69, 9.17) is 39.1 Å². The Labute approximate surface area is 470 Å². The SMILES string of the molecule is CCOc1ccc(C[C@@H](NC(=O)CCc2ccc(O)cc2)C(=O)N[C@@H](Cc2ccccc2)C(=O)N[C@@H](CCC(N)=O)C(=O)N[C@@H](CC(N)=O)C(=O)N[C@@H](CCCCN)C(=O)N2CCC[C@H]2C(=O)N[C@@H](CCCN=C(N)N)C(N)=O)cc1. The molecule has 1 heterocycles. The summed E-state index contributed by atoms with van der Waals surface area (Å²) in [4.78, 5) is 141. The van der Waals surface area contributed by atoms with Gasteiger partial charge in [-0.25, -0.2) is 0 Å². The molecular formula is C55H78N14O12. The van der Waals surface area contributed by atoms with Gasteiger partial charge in [0.05, 0.1) is 13.0 Å². The van der Waals surface area contributed by atoms with Gasteiger partial charge in [0, 0.05) is 38.8 Å². The number of carbonyl (C=O) groups excluding carboxylic acids is 10. The molecule has 0 aliphatic carbocycles. The summed E-state index contributed by atoms with van der Waals surface area (Å²) in [6.45, 7) is 2.74. The zero-order valence-electron chi connectivity index (χ0n) is 45.6. The number of hydrogen-bond donors (Lipinski definition) is 13. The molecule has 0 bridgehead atoms. The molecule has 0 saturated carbocycles. The van der Waals surface area contributed by atoms with E-state index in [0.29, 0.717) is 49.2 Å². The van der Waals surface area contributed by atoms with Crippen LogP contribution in [0, 0.1) is 0 Å². The van der Waals surface area contributed by atoms with Crippen molar-refractivity contribution >= 4 is 65.0 Å². The summed E-state index contributed by atoms with van der Waals surface area (Å²) in [7, 11) is 0. The number of guanidine groups is 1. The van der Waals surface area contributed by atoms with E-state index in [1.165, 1.54) is 17.0 Å². The molecule has 4 rings (SSSR count). The maximum Gasteiger partial charge on any atom is 0.245 e. The summed E-state index contributed by atoms with van der Waals surface area (Å²) >= 11 is 0. The van der Waals surface area contributed by atoms with Crippen LogP contribution in [0.25, 0.3) is 0 Å². The van der Waals surface area contributed by atoms with Crippen molar-refractivity contribution in [1.82, 2.24) is 36.8 Å². The molecule has 0 aromatic heterocycles. The molecule has 1 saturated heterocycles. The van der Waals surface area contributed by atoms with E-state index in [1.54, 1.807) is 66.7 Å². The monoisotopic (exact) mass is 1130 g/mol. The second kappa shape index (κ2) is 33.6. The molecule has 440 valence electrons. The van der Waals surface area contributed by atoms with Crippen LogP contribution in [-0.2, 0) is 67.2 Å². The lowest BCUT2D eigenvalue weighted by Gasteiger charge is -2.31. The van der Waals surface area contributed by atoms with Crippen LogP contribution in [0.4, 0.5) is 0 Å². The van der Waals surface area contributed by atoms with Crippen LogP contribution in [0.3, 0.4) is 0 Å². The number of nitrogens with two attached hydrogens (primary N) is 6. The van der Waals surface area contributed by atoms with E-state index in [0.717, 1.165) is 5.56 Å². The van der Waals surface area contributed by atoms with Crippen LogP contribution in [0.5, 0.6) is 11.5 Å². The third-order valence-electron chi connectivity index (χ3n) is 13.2. The third kappa shape index (κ3) is 22.8. The molecule has 3 aromatic carbocycles. The Kier molecular flexibility index (Phi) is 26.8. The molecule has 1 aliphatic rings. The number of aliphatic imine (C=N–C) groups is 1. The van der Waals surface area contributed by atoms with Gasteiger partial charge in [-0.05, 0) is 112 Å². The van der Waals surface area contributed by atoms with Gasteiger partial charge in [0.15, 0.2) is 5.96 Å². The normalized spacial score (nSPS) is 15.0. The number of phenolic OH excluding ortho intramolecular Hbond substituents is 1. The summed E-state index contributed by atoms with van der Waals surface area (Å²) < 4.78 is 5.57. The first-order valence-electron chi connectivity index (χ1n) is 26.9. The molecule has 26 heteroatoms. The average Bonchev–Trinajstić information content (AvgIpc) is 3.93. The standard InChI is InChI=1S/C55H78N14O12/c1-2-81-37-22-17-35(18-23-37)31-41(63-47(73)26-19-33-15-20-36(70)21-16-33)50(76)67-42(30-34-10-4-3-5-11-34)51(77)65-39(24-25-45(57)71)49(75)68-43(32-46(58)72)52(78)66-40(12-6-7-27-56)54(80)69-29-9-14-44(69)53(79)64-38(48(59)74)13-8-28-62-55(60)61/h3-5,10-11,15-18,20-23,38-44,70H,2,6-9,12-14,19,24-32,56H2,1H3,(H2,57,71)(H2,58,72)(H2,59,74)(H,63,73)(H,64,79)(H,65,77)(H,66,78)(H,67,76)(H,68,75)(H4,60,61,62)/t38-,39-,40-,41+,42-,43-,44-/m0/s1. The molecule has 1 aliphatic heterocycles. The first-order valence-corrected chi connectivity index (χ1v) is 26.9. The van der Waals surface area contributed by atoms with Crippen LogP contribution in [0.2, 0.25) is 0 Å². The van der Waals surface area contributed by atoms with Gasteiger partial charge in [-0.1, -0.05) is 54.6 Å². The minimum Gasteiger partial charge on any atom is -0.508 e. The fourth-order valence-electron chi connectivity index (χ4n) is 8.95. The summed E-state index contributed by atoms with van der Waals surface area (Å²) in [6.07, 6.45) is 0.149. The number of primary amides is 3. The number of unbranched alkanes of at least 4 members (excludes halogenated alkanes) is 1. The highest BCUT2D eigenvalue weighted by Crippen LogP contribution is 2.21. The number of amides is 10. The highest BCUT2D eigenvalue weighted by atomic mass is 16.5. The topological polar surface area (TPSA) is 444 Å². The molecule has 7 atom stereocenters. The summed E-state index contributed by atoms with van der Waals surface area (Å²) in [5, 5.41) is 25.5. The quantitative estimate of drug-likeness (QED) is 0.0171. The number of rotatable bonds is 35. The van der Waals surface area contributed by atoms with Gasteiger partial charge in [0.2, 0.25) is 59.1 Å². The van der Waals surface area contributed by atoms with Crippen LogP contribution in [0.1, 0.15) is 94.2 Å². The predicted octanol–water partition coefficient (Wildman–Crippen LogP) is -2.08. The van der Waals surface area contributed by atoms with Gasteiger partial charge >= 0.3 is 0 Å². The lowest BCUT2D eigenvalue weighted by molar-refractivity contribution is -0.142. The molecule has 0 spiro atoms. The number of aryl methyl sites for hydroxylation is 1. The van der Waals surface area contributed by atoms with E-state index in [1.807, 2.05) is 6.92 Å². The molecular weight excluding hydrogens is 1050 g/mol. The van der Waals surface area contributed by atoms with Gasteiger partial charge < -0.3 is 81.0 Å². The molecule has 19 N–H and O–H groups in total. The highest BCUT2D eigenvalue weighted by molar-refractivity contribution is 5.99. The van der Waals surface area contributed by atoms with Crippen molar-refractivity contribution in [3.63, 3.8) is 0 Å². The first-order chi connectivity index (χ1) is 38.7. The first kappa shape index (κ1) is 64.7. The Morgan fingerprint density at radius 3 is 1.79 bits per heavy atom. The lowest BCUT2D eigenvalue weighted by Crippen LogP contribution is -2.60. The Morgan fingerprint density at radius 1 is 0.617 bits per heavy atom. The number of carbonyl (C=O) groups is 10. The van der Waals surface area contributed by atoms with Crippen LogP contribution >= 0.6 is 0 Å².